The van der Waals surface area contributed by atoms with Crippen LogP contribution < -0.4 is 10.2 Å². The number of amides is 1. The van der Waals surface area contributed by atoms with Crippen LogP contribution in [0.2, 0.25) is 0 Å². The lowest BCUT2D eigenvalue weighted by Crippen LogP contribution is -2.36. The van der Waals surface area contributed by atoms with Crippen LogP contribution >= 0.6 is 0 Å². The third-order valence-electron chi connectivity index (χ3n) is 4.59. The van der Waals surface area contributed by atoms with Crippen molar-refractivity contribution in [2.45, 2.75) is 32.4 Å². The molecule has 2 heterocycles. The molecule has 1 N–H and O–H groups in total. The number of aromatic nitrogens is 1. The first kappa shape index (κ1) is 20.8. The summed E-state index contributed by atoms with van der Waals surface area (Å²) in [6.45, 7) is 6.52. The quantitative estimate of drug-likeness (QED) is 0.724. The van der Waals surface area contributed by atoms with Gasteiger partial charge in [0.25, 0.3) is 5.91 Å². The highest BCUT2D eigenvalue weighted by Gasteiger charge is 2.21. The van der Waals surface area contributed by atoms with Crippen LogP contribution in [0.3, 0.4) is 0 Å². The van der Waals surface area contributed by atoms with Crippen LogP contribution in [0.1, 0.15) is 42.2 Å². The SMILES string of the molecule is CC(C)OC(=O)C[C@@H](NC(=O)c1ccc(N2CCOCC2)nc1)c1ccccc1. The summed E-state index contributed by atoms with van der Waals surface area (Å²) >= 11 is 0. The molecule has 0 saturated carbocycles. The first-order chi connectivity index (χ1) is 14.0. The number of hydrogen-bond donors (Lipinski definition) is 1. The Morgan fingerprint density at radius 3 is 2.48 bits per heavy atom. The summed E-state index contributed by atoms with van der Waals surface area (Å²) in [5.41, 5.74) is 1.29. The minimum absolute atomic E-state index is 0.0627. The second-order valence-electron chi connectivity index (χ2n) is 7.18. The van der Waals surface area contributed by atoms with Crippen LogP contribution in [0.25, 0.3) is 0 Å². The van der Waals surface area contributed by atoms with Crippen LogP contribution in [0, 0.1) is 0 Å². The summed E-state index contributed by atoms with van der Waals surface area (Å²) in [4.78, 5) is 31.5. The van der Waals surface area contributed by atoms with Gasteiger partial charge >= 0.3 is 5.97 Å². The number of hydrogen-bond acceptors (Lipinski definition) is 6. The summed E-state index contributed by atoms with van der Waals surface area (Å²) in [7, 11) is 0. The van der Waals surface area contributed by atoms with Gasteiger partial charge in [-0.2, -0.15) is 0 Å². The molecule has 0 bridgehead atoms. The lowest BCUT2D eigenvalue weighted by molar-refractivity contribution is -0.147. The number of anilines is 1. The van der Waals surface area contributed by atoms with E-state index in [-0.39, 0.29) is 24.4 Å². The summed E-state index contributed by atoms with van der Waals surface area (Å²) < 4.78 is 10.6. The Labute approximate surface area is 171 Å². The predicted molar refractivity (Wildman–Crippen MR) is 110 cm³/mol. The van der Waals surface area contributed by atoms with Crippen molar-refractivity contribution < 1.29 is 19.1 Å². The van der Waals surface area contributed by atoms with Crippen molar-refractivity contribution >= 4 is 17.7 Å². The number of carbonyl (C=O) groups is 2. The average molecular weight is 397 g/mol. The van der Waals surface area contributed by atoms with E-state index in [1.807, 2.05) is 36.4 Å². The van der Waals surface area contributed by atoms with Crippen LogP contribution in [-0.2, 0) is 14.3 Å². The molecule has 3 rings (SSSR count). The molecule has 1 fully saturated rings. The van der Waals surface area contributed by atoms with Gasteiger partial charge in [0.2, 0.25) is 0 Å². The van der Waals surface area contributed by atoms with Crippen molar-refractivity contribution in [3.05, 3.63) is 59.8 Å². The molecule has 0 spiro atoms. The number of rotatable bonds is 7. The average Bonchev–Trinajstić information content (AvgIpc) is 2.74. The van der Waals surface area contributed by atoms with Crippen molar-refractivity contribution in [1.82, 2.24) is 10.3 Å². The topological polar surface area (TPSA) is 80.8 Å². The van der Waals surface area contributed by atoms with E-state index in [4.69, 9.17) is 9.47 Å². The van der Waals surface area contributed by atoms with Crippen LogP contribution in [0.15, 0.2) is 48.7 Å². The standard InChI is InChI=1S/C22H27N3O4/c1-16(2)29-21(26)14-19(17-6-4-3-5-7-17)24-22(27)18-8-9-20(23-15-18)25-10-12-28-13-11-25/h3-9,15-16,19H,10-14H2,1-2H3,(H,24,27)/t19-/m1/s1. The zero-order chi connectivity index (χ0) is 20.6. The van der Waals surface area contributed by atoms with Crippen molar-refractivity contribution in [1.29, 1.82) is 0 Å². The van der Waals surface area contributed by atoms with Gasteiger partial charge in [-0.3, -0.25) is 9.59 Å². The third-order valence-corrected chi connectivity index (χ3v) is 4.59. The van der Waals surface area contributed by atoms with E-state index in [2.05, 4.69) is 15.2 Å². The Kier molecular flexibility index (Phi) is 7.19. The number of morpholine rings is 1. The van der Waals surface area contributed by atoms with E-state index < -0.39 is 6.04 Å². The molecular weight excluding hydrogens is 370 g/mol. The van der Waals surface area contributed by atoms with E-state index in [1.165, 1.54) is 0 Å². The molecule has 0 aliphatic carbocycles. The van der Waals surface area contributed by atoms with Gasteiger partial charge in [0.05, 0.1) is 37.3 Å². The Morgan fingerprint density at radius 1 is 1.14 bits per heavy atom. The molecule has 7 heteroatoms. The van der Waals surface area contributed by atoms with E-state index >= 15 is 0 Å². The molecule has 1 amide bonds. The van der Waals surface area contributed by atoms with E-state index in [9.17, 15) is 9.59 Å². The van der Waals surface area contributed by atoms with Gasteiger partial charge in [0, 0.05) is 19.3 Å². The molecule has 29 heavy (non-hydrogen) atoms. The molecule has 0 radical (unpaired) electrons. The molecule has 1 saturated heterocycles. The summed E-state index contributed by atoms with van der Waals surface area (Å²) in [5, 5.41) is 2.94. The minimum Gasteiger partial charge on any atom is -0.463 e. The molecule has 1 aromatic heterocycles. The van der Waals surface area contributed by atoms with Crippen molar-refractivity contribution in [3.8, 4) is 0 Å². The molecule has 1 aliphatic heterocycles. The van der Waals surface area contributed by atoms with Crippen LogP contribution in [0.4, 0.5) is 5.82 Å². The summed E-state index contributed by atoms with van der Waals surface area (Å²) in [6.07, 6.45) is 1.42. The van der Waals surface area contributed by atoms with Gasteiger partial charge in [-0.1, -0.05) is 30.3 Å². The van der Waals surface area contributed by atoms with Crippen molar-refractivity contribution in [2.24, 2.45) is 0 Å². The molecule has 154 valence electrons. The molecular formula is C22H27N3O4. The molecule has 2 aromatic rings. The lowest BCUT2D eigenvalue weighted by Gasteiger charge is -2.27. The highest BCUT2D eigenvalue weighted by molar-refractivity contribution is 5.94. The molecule has 0 unspecified atom stereocenters. The van der Waals surface area contributed by atoms with Gasteiger partial charge in [0.15, 0.2) is 0 Å². The van der Waals surface area contributed by atoms with Crippen molar-refractivity contribution in [3.63, 3.8) is 0 Å². The van der Waals surface area contributed by atoms with Crippen molar-refractivity contribution in [2.75, 3.05) is 31.2 Å². The van der Waals surface area contributed by atoms with E-state index in [0.29, 0.717) is 18.8 Å². The maximum absolute atomic E-state index is 12.8. The lowest BCUT2D eigenvalue weighted by atomic mass is 10.0. The number of nitrogens with zero attached hydrogens (tertiary/aromatic N) is 2. The molecule has 1 aliphatic rings. The number of carbonyl (C=O) groups excluding carboxylic acids is 2. The first-order valence-corrected chi connectivity index (χ1v) is 9.87. The monoisotopic (exact) mass is 397 g/mol. The number of esters is 1. The fourth-order valence-corrected chi connectivity index (χ4v) is 3.16. The van der Waals surface area contributed by atoms with Gasteiger partial charge in [-0.15, -0.1) is 0 Å². The first-order valence-electron chi connectivity index (χ1n) is 9.87. The number of benzene rings is 1. The second kappa shape index (κ2) is 10.0. The molecule has 1 aromatic carbocycles. The number of ether oxygens (including phenoxy) is 2. The summed E-state index contributed by atoms with van der Waals surface area (Å²) in [6, 6.07) is 12.5. The van der Waals surface area contributed by atoms with Gasteiger partial charge in [-0.05, 0) is 31.5 Å². The fourth-order valence-electron chi connectivity index (χ4n) is 3.16. The van der Waals surface area contributed by atoms with E-state index in [0.717, 1.165) is 24.5 Å². The molecule has 7 nitrogen and oxygen atoms in total. The normalized spacial score (nSPS) is 15.1. The smallest absolute Gasteiger partial charge is 0.308 e. The Balaban J connectivity index is 1.69. The fraction of sp³-hybridized carbons (Fsp3) is 0.409. The third kappa shape index (κ3) is 6.02. The highest BCUT2D eigenvalue weighted by Crippen LogP contribution is 2.19. The zero-order valence-corrected chi connectivity index (χ0v) is 16.8. The summed E-state index contributed by atoms with van der Waals surface area (Å²) in [5.74, 6) is 0.192. The largest absolute Gasteiger partial charge is 0.463 e. The van der Waals surface area contributed by atoms with Gasteiger partial charge in [-0.25, -0.2) is 4.98 Å². The second-order valence-corrected chi connectivity index (χ2v) is 7.18. The Bertz CT molecular complexity index is 803. The van der Waals surface area contributed by atoms with Gasteiger partial charge in [0.1, 0.15) is 5.82 Å². The van der Waals surface area contributed by atoms with Crippen LogP contribution in [0.5, 0.6) is 0 Å². The number of pyridine rings is 1. The molecule has 1 atom stereocenters. The Morgan fingerprint density at radius 2 is 1.86 bits per heavy atom. The van der Waals surface area contributed by atoms with Crippen LogP contribution in [-0.4, -0.2) is 49.3 Å². The predicted octanol–water partition coefficient (Wildman–Crippen LogP) is 2.73. The maximum atomic E-state index is 12.8. The van der Waals surface area contributed by atoms with E-state index in [1.54, 1.807) is 26.1 Å². The maximum Gasteiger partial charge on any atom is 0.308 e. The number of nitrogens with one attached hydrogen (secondary N) is 1. The van der Waals surface area contributed by atoms with Gasteiger partial charge < -0.3 is 19.7 Å². The minimum atomic E-state index is -0.478. The Hall–Kier alpha value is -2.93. The zero-order valence-electron chi connectivity index (χ0n) is 16.8. The highest BCUT2D eigenvalue weighted by atomic mass is 16.5.